The Morgan fingerprint density at radius 1 is 1.00 bits per heavy atom. The summed E-state index contributed by atoms with van der Waals surface area (Å²) in [5.41, 5.74) is 5.29. The van der Waals surface area contributed by atoms with E-state index in [9.17, 15) is 0 Å². The molecule has 2 heteroatoms. The Morgan fingerprint density at radius 2 is 1.65 bits per heavy atom. The summed E-state index contributed by atoms with van der Waals surface area (Å²) < 4.78 is 1.17. The number of rotatable bonds is 5. The second kappa shape index (κ2) is 7.42. The molecule has 0 aliphatic carbocycles. The molecule has 1 unspecified atom stereocenters. The molecule has 20 heavy (non-hydrogen) atoms. The van der Waals surface area contributed by atoms with E-state index in [0.717, 1.165) is 0 Å². The lowest BCUT2D eigenvalue weighted by atomic mass is 10.0. The van der Waals surface area contributed by atoms with Crippen molar-refractivity contribution < 1.29 is 0 Å². The number of hydrogen-bond donors (Lipinski definition) is 0. The number of alkyl halides is 1. The van der Waals surface area contributed by atoms with Gasteiger partial charge in [-0.25, -0.2) is 0 Å². The largest absolute Gasteiger partial charge is 0.0786 e. The van der Waals surface area contributed by atoms with Gasteiger partial charge in [-0.15, -0.1) is 0 Å². The first-order valence-electron chi connectivity index (χ1n) is 7.10. The highest BCUT2D eigenvalue weighted by Gasteiger charge is 2.11. The van der Waals surface area contributed by atoms with Gasteiger partial charge in [0.1, 0.15) is 0 Å². The number of aryl methyl sites for hydroxylation is 2. The molecule has 2 rings (SSSR count). The van der Waals surface area contributed by atoms with Crippen LogP contribution in [0.2, 0.25) is 0 Å². The Labute approximate surface area is 138 Å². The fourth-order valence-corrected chi connectivity index (χ4v) is 3.18. The fourth-order valence-electron chi connectivity index (χ4n) is 2.19. The first kappa shape index (κ1) is 15.8. The average molecular weight is 396 g/mol. The van der Waals surface area contributed by atoms with Crippen molar-refractivity contribution in [2.75, 3.05) is 0 Å². The van der Waals surface area contributed by atoms with Gasteiger partial charge in [-0.2, -0.15) is 0 Å². The molecular weight excluding hydrogens is 376 g/mol. The van der Waals surface area contributed by atoms with E-state index in [-0.39, 0.29) is 4.83 Å². The van der Waals surface area contributed by atoms with E-state index in [2.05, 4.69) is 88.2 Å². The lowest BCUT2D eigenvalue weighted by Crippen LogP contribution is -1.94. The Morgan fingerprint density at radius 3 is 2.25 bits per heavy atom. The van der Waals surface area contributed by atoms with Gasteiger partial charge in [0.15, 0.2) is 0 Å². The van der Waals surface area contributed by atoms with Crippen LogP contribution in [0.1, 0.15) is 46.8 Å². The highest BCUT2D eigenvalue weighted by molar-refractivity contribution is 9.10. The lowest BCUT2D eigenvalue weighted by Gasteiger charge is -2.13. The zero-order valence-electron chi connectivity index (χ0n) is 12.0. The maximum Gasteiger partial charge on any atom is 0.0645 e. The van der Waals surface area contributed by atoms with E-state index < -0.39 is 0 Å². The van der Waals surface area contributed by atoms with Gasteiger partial charge in [0.25, 0.3) is 0 Å². The fraction of sp³-hybridized carbons (Fsp3) is 0.333. The molecule has 0 aliphatic heterocycles. The summed E-state index contributed by atoms with van der Waals surface area (Å²) in [7, 11) is 0. The monoisotopic (exact) mass is 394 g/mol. The summed E-state index contributed by atoms with van der Waals surface area (Å²) in [6, 6.07) is 15.5. The van der Waals surface area contributed by atoms with Crippen LogP contribution >= 0.6 is 31.9 Å². The van der Waals surface area contributed by atoms with E-state index in [1.165, 1.54) is 46.0 Å². The molecule has 0 aliphatic rings. The second-order valence-corrected chi connectivity index (χ2v) is 6.99. The van der Waals surface area contributed by atoms with Crippen LogP contribution in [0.5, 0.6) is 0 Å². The van der Waals surface area contributed by atoms with Gasteiger partial charge in [-0.3, -0.25) is 0 Å². The molecular formula is C18H20Br2. The van der Waals surface area contributed by atoms with E-state index in [0.29, 0.717) is 0 Å². The highest BCUT2D eigenvalue weighted by Crippen LogP contribution is 2.33. The van der Waals surface area contributed by atoms with Gasteiger partial charge in [-0.1, -0.05) is 81.6 Å². The summed E-state index contributed by atoms with van der Waals surface area (Å²) >= 11 is 7.42. The lowest BCUT2D eigenvalue weighted by molar-refractivity contribution is 0.795. The number of halogens is 2. The van der Waals surface area contributed by atoms with E-state index in [4.69, 9.17) is 0 Å². The smallest absolute Gasteiger partial charge is 0.0645 e. The van der Waals surface area contributed by atoms with Gasteiger partial charge in [-0.05, 0) is 48.1 Å². The number of hydrogen-bond acceptors (Lipinski definition) is 0. The third-order valence-corrected chi connectivity index (χ3v) is 5.49. The predicted octanol–water partition coefficient (Wildman–Crippen LogP) is 6.58. The summed E-state index contributed by atoms with van der Waals surface area (Å²) in [4.78, 5) is 0.250. The summed E-state index contributed by atoms with van der Waals surface area (Å²) in [5, 5.41) is 0. The predicted molar refractivity (Wildman–Crippen MR) is 94.7 cm³/mol. The summed E-state index contributed by atoms with van der Waals surface area (Å²) in [5.74, 6) is 0. The van der Waals surface area contributed by atoms with Crippen molar-refractivity contribution in [3.05, 3.63) is 69.2 Å². The minimum Gasteiger partial charge on any atom is -0.0786 e. The Hall–Kier alpha value is -0.600. The van der Waals surface area contributed by atoms with Crippen LogP contribution in [0.4, 0.5) is 0 Å². The van der Waals surface area contributed by atoms with Crippen LogP contribution in [0.3, 0.4) is 0 Å². The molecule has 0 saturated heterocycles. The molecule has 0 amide bonds. The van der Waals surface area contributed by atoms with Crippen LogP contribution in [0, 0.1) is 6.92 Å². The Bertz CT molecular complexity index is 558. The average Bonchev–Trinajstić information content (AvgIpc) is 2.48. The second-order valence-electron chi connectivity index (χ2n) is 5.22. The number of benzene rings is 2. The van der Waals surface area contributed by atoms with Gasteiger partial charge in [0.2, 0.25) is 0 Å². The molecule has 2 aromatic rings. The maximum absolute atomic E-state index is 3.81. The normalized spacial score (nSPS) is 12.4. The zero-order valence-corrected chi connectivity index (χ0v) is 15.2. The highest BCUT2D eigenvalue weighted by atomic mass is 79.9. The van der Waals surface area contributed by atoms with Gasteiger partial charge >= 0.3 is 0 Å². The SMILES string of the molecule is CCCCc1ccc(C(Br)c2ccc(C)c(Br)c2)cc1. The first-order valence-corrected chi connectivity index (χ1v) is 8.81. The van der Waals surface area contributed by atoms with Crippen molar-refractivity contribution >= 4 is 31.9 Å². The molecule has 0 spiro atoms. The molecule has 2 aromatic carbocycles. The van der Waals surface area contributed by atoms with Gasteiger partial charge in [0.05, 0.1) is 4.83 Å². The van der Waals surface area contributed by atoms with E-state index in [1.807, 2.05) is 0 Å². The van der Waals surface area contributed by atoms with Crippen molar-refractivity contribution in [2.45, 2.75) is 37.9 Å². The van der Waals surface area contributed by atoms with Crippen LogP contribution in [-0.2, 0) is 6.42 Å². The van der Waals surface area contributed by atoms with Gasteiger partial charge in [0, 0.05) is 4.47 Å². The minimum absolute atomic E-state index is 0.250. The number of unbranched alkanes of at least 4 members (excludes halogenated alkanes) is 1. The van der Waals surface area contributed by atoms with E-state index >= 15 is 0 Å². The molecule has 0 radical (unpaired) electrons. The zero-order chi connectivity index (χ0) is 14.5. The summed E-state index contributed by atoms with van der Waals surface area (Å²) in [6.45, 7) is 4.35. The van der Waals surface area contributed by atoms with Crippen LogP contribution in [0.25, 0.3) is 0 Å². The van der Waals surface area contributed by atoms with Gasteiger partial charge < -0.3 is 0 Å². The Kier molecular flexibility index (Phi) is 5.86. The van der Waals surface area contributed by atoms with Crippen LogP contribution in [0.15, 0.2) is 46.9 Å². The molecule has 0 saturated carbocycles. The quantitative estimate of drug-likeness (QED) is 0.501. The topological polar surface area (TPSA) is 0 Å². The molecule has 0 bridgehead atoms. The van der Waals surface area contributed by atoms with E-state index in [1.54, 1.807) is 0 Å². The molecule has 0 aromatic heterocycles. The van der Waals surface area contributed by atoms with Crippen LogP contribution < -0.4 is 0 Å². The molecule has 1 atom stereocenters. The van der Waals surface area contributed by atoms with Crippen molar-refractivity contribution in [3.8, 4) is 0 Å². The molecule has 106 valence electrons. The Balaban J connectivity index is 2.15. The standard InChI is InChI=1S/C18H20Br2/c1-3-4-5-14-7-10-15(11-8-14)18(20)16-9-6-13(2)17(19)12-16/h6-12,18H,3-5H2,1-2H3. The summed E-state index contributed by atoms with van der Waals surface area (Å²) in [6.07, 6.45) is 3.70. The molecule has 0 fully saturated rings. The molecule has 0 N–H and O–H groups in total. The third kappa shape index (κ3) is 3.95. The molecule has 0 heterocycles. The molecule has 0 nitrogen and oxygen atoms in total. The van der Waals surface area contributed by atoms with Crippen molar-refractivity contribution in [1.29, 1.82) is 0 Å². The first-order chi connectivity index (χ1) is 9.61. The van der Waals surface area contributed by atoms with Crippen molar-refractivity contribution in [1.82, 2.24) is 0 Å². The van der Waals surface area contributed by atoms with Crippen molar-refractivity contribution in [2.24, 2.45) is 0 Å². The maximum atomic E-state index is 3.81. The van der Waals surface area contributed by atoms with Crippen molar-refractivity contribution in [3.63, 3.8) is 0 Å². The van der Waals surface area contributed by atoms with Crippen LogP contribution in [-0.4, -0.2) is 0 Å². The minimum atomic E-state index is 0.250. The third-order valence-electron chi connectivity index (χ3n) is 3.58.